The number of nitrogens with one attached hydrogen (secondary N) is 1. The molecule has 7 nitrogen and oxygen atoms in total. The van der Waals surface area contributed by atoms with E-state index in [1.807, 2.05) is 12.1 Å². The molecule has 0 saturated carbocycles. The molecule has 1 N–H and O–H groups in total. The number of aryl methyl sites for hydroxylation is 1. The molecule has 0 spiro atoms. The van der Waals surface area contributed by atoms with Gasteiger partial charge in [0, 0.05) is 37.4 Å². The van der Waals surface area contributed by atoms with Gasteiger partial charge in [-0.3, -0.25) is 4.90 Å². The van der Waals surface area contributed by atoms with Crippen LogP contribution in [0.1, 0.15) is 28.9 Å². The van der Waals surface area contributed by atoms with Gasteiger partial charge in [0.15, 0.2) is 11.4 Å². The highest BCUT2D eigenvalue weighted by Gasteiger charge is 2.18. The van der Waals surface area contributed by atoms with Gasteiger partial charge >= 0.3 is 5.97 Å². The van der Waals surface area contributed by atoms with E-state index < -0.39 is 5.97 Å². The summed E-state index contributed by atoms with van der Waals surface area (Å²) in [6.45, 7) is 5.94. The lowest BCUT2D eigenvalue weighted by molar-refractivity contribution is 0.0357. The lowest BCUT2D eigenvalue weighted by atomic mass is 10.00. The predicted molar refractivity (Wildman–Crippen MR) is 115 cm³/mol. The van der Waals surface area contributed by atoms with Crippen molar-refractivity contribution in [3.8, 4) is 17.0 Å². The van der Waals surface area contributed by atoms with Gasteiger partial charge in [0.25, 0.3) is 0 Å². The first-order chi connectivity index (χ1) is 14.7. The maximum absolute atomic E-state index is 12.3. The van der Waals surface area contributed by atoms with Crippen LogP contribution in [0.2, 0.25) is 0 Å². The van der Waals surface area contributed by atoms with Gasteiger partial charge < -0.3 is 19.5 Å². The lowest BCUT2D eigenvalue weighted by Crippen LogP contribution is -2.37. The van der Waals surface area contributed by atoms with Gasteiger partial charge in [-0.1, -0.05) is 12.1 Å². The van der Waals surface area contributed by atoms with Crippen LogP contribution in [0.15, 0.2) is 30.3 Å². The number of carbonyl (C=O) groups is 1. The maximum atomic E-state index is 12.3. The predicted octanol–water partition coefficient (Wildman–Crippen LogP) is 2.99. The largest absolute Gasteiger partial charge is 0.491 e. The summed E-state index contributed by atoms with van der Waals surface area (Å²) in [5.41, 5.74) is 4.37. The van der Waals surface area contributed by atoms with E-state index in [1.54, 1.807) is 0 Å². The number of aromatic nitrogens is 1. The van der Waals surface area contributed by atoms with Crippen LogP contribution in [0, 0.1) is 0 Å². The Hall–Kier alpha value is -2.64. The Morgan fingerprint density at radius 3 is 2.93 bits per heavy atom. The van der Waals surface area contributed by atoms with E-state index in [0.29, 0.717) is 12.4 Å². The fourth-order valence-corrected chi connectivity index (χ4v) is 3.88. The fraction of sp³-hybridized carbons (Fsp3) is 0.478. The summed E-state index contributed by atoms with van der Waals surface area (Å²) in [6, 6.07) is 10.00. The number of carbonyl (C=O) groups excluding carboxylic acids is 1. The lowest BCUT2D eigenvalue weighted by Gasteiger charge is -2.26. The second-order valence-corrected chi connectivity index (χ2v) is 7.59. The Balaban J connectivity index is 1.46. The molecule has 0 radical (unpaired) electrons. The molecule has 2 aliphatic heterocycles. The van der Waals surface area contributed by atoms with E-state index in [4.69, 9.17) is 14.2 Å². The third kappa shape index (κ3) is 4.91. The van der Waals surface area contributed by atoms with Crippen molar-refractivity contribution >= 4 is 11.7 Å². The Morgan fingerprint density at radius 2 is 2.10 bits per heavy atom. The maximum Gasteiger partial charge on any atom is 0.360 e. The zero-order valence-electron chi connectivity index (χ0n) is 17.5. The summed E-state index contributed by atoms with van der Waals surface area (Å²) >= 11 is 0. The Bertz CT molecular complexity index is 881. The Labute approximate surface area is 177 Å². The number of esters is 1. The summed E-state index contributed by atoms with van der Waals surface area (Å²) in [5, 5.41) is 3.44. The second kappa shape index (κ2) is 9.91. The average Bonchev–Trinajstić information content (AvgIpc) is 2.81. The van der Waals surface area contributed by atoms with Crippen LogP contribution in [-0.2, 0) is 15.9 Å². The van der Waals surface area contributed by atoms with E-state index in [1.165, 1.54) is 12.7 Å². The molecule has 0 atom stereocenters. The van der Waals surface area contributed by atoms with Gasteiger partial charge in [-0.15, -0.1) is 0 Å². The van der Waals surface area contributed by atoms with Crippen molar-refractivity contribution in [3.05, 3.63) is 41.6 Å². The molecule has 0 aliphatic carbocycles. The minimum atomic E-state index is -0.490. The van der Waals surface area contributed by atoms with Crippen molar-refractivity contribution in [3.63, 3.8) is 0 Å². The SMILES string of the molecule is COC(=O)c1nc(-c2ccc3c(c2)NCCC3)ccc1OCCCN1CCOCC1. The van der Waals surface area contributed by atoms with Crippen LogP contribution in [0.25, 0.3) is 11.3 Å². The highest BCUT2D eigenvalue weighted by Crippen LogP contribution is 2.30. The molecular formula is C23H29N3O4. The molecule has 0 bridgehead atoms. The second-order valence-electron chi connectivity index (χ2n) is 7.59. The number of anilines is 1. The van der Waals surface area contributed by atoms with Gasteiger partial charge in [0.05, 0.1) is 32.6 Å². The molecule has 1 aromatic heterocycles. The van der Waals surface area contributed by atoms with E-state index in [9.17, 15) is 4.79 Å². The summed E-state index contributed by atoms with van der Waals surface area (Å²) in [5.74, 6) is -0.0280. The van der Waals surface area contributed by atoms with Gasteiger partial charge in [-0.2, -0.15) is 0 Å². The molecule has 3 heterocycles. The molecule has 2 aliphatic rings. The first-order valence-electron chi connectivity index (χ1n) is 10.6. The molecule has 7 heteroatoms. The van der Waals surface area contributed by atoms with Crippen LogP contribution in [-0.4, -0.2) is 69.0 Å². The summed E-state index contributed by atoms with van der Waals surface area (Å²) in [4.78, 5) is 19.3. The zero-order valence-corrected chi connectivity index (χ0v) is 17.5. The average molecular weight is 412 g/mol. The van der Waals surface area contributed by atoms with Crippen LogP contribution >= 0.6 is 0 Å². The van der Waals surface area contributed by atoms with Crippen molar-refractivity contribution in [1.82, 2.24) is 9.88 Å². The highest BCUT2D eigenvalue weighted by molar-refractivity contribution is 5.91. The fourth-order valence-electron chi connectivity index (χ4n) is 3.88. The van der Waals surface area contributed by atoms with E-state index in [0.717, 1.165) is 75.6 Å². The van der Waals surface area contributed by atoms with Crippen molar-refractivity contribution in [2.45, 2.75) is 19.3 Å². The van der Waals surface area contributed by atoms with Crippen LogP contribution < -0.4 is 10.1 Å². The molecular weight excluding hydrogens is 382 g/mol. The monoisotopic (exact) mass is 411 g/mol. The summed E-state index contributed by atoms with van der Waals surface area (Å²) in [7, 11) is 1.36. The molecule has 2 aromatic rings. The Kier molecular flexibility index (Phi) is 6.81. The number of nitrogens with zero attached hydrogens (tertiary/aromatic N) is 2. The minimum absolute atomic E-state index is 0.215. The standard InChI is InChI=1S/C23H29N3O4/c1-28-23(27)22-21(30-13-3-10-26-11-14-29-15-12-26)8-7-19(25-22)18-6-5-17-4-2-9-24-20(17)16-18/h5-8,16,24H,2-4,9-15H2,1H3. The summed E-state index contributed by atoms with van der Waals surface area (Å²) in [6.07, 6.45) is 3.11. The number of pyridine rings is 1. The van der Waals surface area contributed by atoms with Crippen molar-refractivity contribution in [2.75, 3.05) is 58.4 Å². The molecule has 4 rings (SSSR count). The number of benzene rings is 1. The number of morpholine rings is 1. The van der Waals surface area contributed by atoms with E-state index in [-0.39, 0.29) is 5.69 Å². The van der Waals surface area contributed by atoms with Crippen LogP contribution in [0.4, 0.5) is 5.69 Å². The molecule has 160 valence electrons. The first kappa shape index (κ1) is 20.6. The number of fused-ring (bicyclic) bond motifs is 1. The first-order valence-corrected chi connectivity index (χ1v) is 10.6. The summed E-state index contributed by atoms with van der Waals surface area (Å²) < 4.78 is 16.2. The number of methoxy groups -OCH3 is 1. The zero-order chi connectivity index (χ0) is 20.8. The number of ether oxygens (including phenoxy) is 3. The van der Waals surface area contributed by atoms with Crippen molar-refractivity contribution in [1.29, 1.82) is 0 Å². The normalized spacial score (nSPS) is 16.4. The highest BCUT2D eigenvalue weighted by atomic mass is 16.5. The van der Waals surface area contributed by atoms with Gasteiger partial charge in [0.1, 0.15) is 0 Å². The number of rotatable bonds is 7. The van der Waals surface area contributed by atoms with Gasteiger partial charge in [-0.25, -0.2) is 9.78 Å². The third-order valence-corrected chi connectivity index (χ3v) is 5.56. The molecule has 0 unspecified atom stereocenters. The van der Waals surface area contributed by atoms with Crippen molar-refractivity contribution < 1.29 is 19.0 Å². The quantitative estimate of drug-likeness (QED) is 0.555. The molecule has 1 saturated heterocycles. The topological polar surface area (TPSA) is 72.9 Å². The number of hydrogen-bond acceptors (Lipinski definition) is 7. The van der Waals surface area contributed by atoms with E-state index >= 15 is 0 Å². The van der Waals surface area contributed by atoms with E-state index in [2.05, 4.69) is 33.4 Å². The molecule has 1 aromatic carbocycles. The minimum Gasteiger partial charge on any atom is -0.491 e. The number of hydrogen-bond donors (Lipinski definition) is 1. The van der Waals surface area contributed by atoms with Crippen LogP contribution in [0.3, 0.4) is 0 Å². The van der Waals surface area contributed by atoms with Gasteiger partial charge in [-0.05, 0) is 43.0 Å². The molecule has 30 heavy (non-hydrogen) atoms. The molecule has 0 amide bonds. The van der Waals surface area contributed by atoms with Gasteiger partial charge in [0.2, 0.25) is 0 Å². The van der Waals surface area contributed by atoms with Crippen LogP contribution in [0.5, 0.6) is 5.75 Å². The van der Waals surface area contributed by atoms with Crippen molar-refractivity contribution in [2.24, 2.45) is 0 Å². The molecule has 1 fully saturated rings. The smallest absolute Gasteiger partial charge is 0.360 e. The Morgan fingerprint density at radius 1 is 1.23 bits per heavy atom. The third-order valence-electron chi connectivity index (χ3n) is 5.56.